The van der Waals surface area contributed by atoms with Crippen LogP contribution in [0, 0.1) is 5.82 Å². The van der Waals surface area contributed by atoms with Gasteiger partial charge in [-0.2, -0.15) is 0 Å². The molecule has 0 bridgehead atoms. The summed E-state index contributed by atoms with van der Waals surface area (Å²) in [5.41, 5.74) is -0.285. The van der Waals surface area contributed by atoms with Gasteiger partial charge in [0.05, 0.1) is 7.11 Å². The van der Waals surface area contributed by atoms with Gasteiger partial charge in [-0.1, -0.05) is 18.2 Å². The lowest BCUT2D eigenvalue weighted by atomic mass is 9.79. The van der Waals surface area contributed by atoms with Crippen molar-refractivity contribution < 1.29 is 33.5 Å². The van der Waals surface area contributed by atoms with Crippen LogP contribution in [0.15, 0.2) is 42.5 Å². The van der Waals surface area contributed by atoms with Gasteiger partial charge in [-0.3, -0.25) is 4.79 Å². The van der Waals surface area contributed by atoms with Crippen LogP contribution < -0.4 is 20.8 Å². The minimum absolute atomic E-state index is 0.0290. The molecule has 2 aromatic rings. The van der Waals surface area contributed by atoms with Crippen LogP contribution in [0.3, 0.4) is 0 Å². The molecule has 2 amide bonds. The van der Waals surface area contributed by atoms with E-state index in [1.165, 1.54) is 19.2 Å². The lowest BCUT2D eigenvalue weighted by molar-refractivity contribution is -0.118. The number of alkyl carbamates (subject to hydrolysis) is 1. The number of ether oxygens (including phenoxy) is 2. The van der Waals surface area contributed by atoms with Gasteiger partial charge < -0.3 is 30.2 Å². The number of hydrogen-bond donors (Lipinski definition) is 4. The van der Waals surface area contributed by atoms with Crippen molar-refractivity contribution in [2.75, 3.05) is 12.4 Å². The highest BCUT2D eigenvalue weighted by Crippen LogP contribution is 2.18. The Morgan fingerprint density at radius 1 is 1.16 bits per heavy atom. The number of methoxy groups -OCH3 is 1. The number of hydrogen-bond acceptors (Lipinski definition) is 6. The summed E-state index contributed by atoms with van der Waals surface area (Å²) in [6, 6.07) is 9.08. The van der Waals surface area contributed by atoms with Crippen LogP contribution in [0.5, 0.6) is 5.75 Å². The highest BCUT2D eigenvalue weighted by atomic mass is 19.1. The van der Waals surface area contributed by atoms with Crippen molar-refractivity contribution in [1.82, 2.24) is 5.32 Å². The quantitative estimate of drug-likeness (QED) is 0.494. The Hall–Kier alpha value is -3.11. The number of nitrogens with one attached hydrogen (secondary N) is 2. The smallest absolute Gasteiger partial charge is 0.488 e. The minimum Gasteiger partial charge on any atom is -0.497 e. The molecule has 0 unspecified atom stereocenters. The summed E-state index contributed by atoms with van der Waals surface area (Å²) in [7, 11) is -0.334. The average Bonchev–Trinajstić information content (AvgIpc) is 2.67. The fraction of sp³-hybridized carbons (Fsp3) is 0.333. The van der Waals surface area contributed by atoms with Crippen LogP contribution in [0.2, 0.25) is 0 Å². The molecule has 2 rings (SSSR count). The zero-order chi connectivity index (χ0) is 23.2. The van der Waals surface area contributed by atoms with Crippen molar-refractivity contribution in [3.63, 3.8) is 0 Å². The van der Waals surface area contributed by atoms with E-state index >= 15 is 0 Å². The van der Waals surface area contributed by atoms with Gasteiger partial charge in [0.15, 0.2) is 0 Å². The molecule has 0 saturated carbocycles. The van der Waals surface area contributed by atoms with Crippen molar-refractivity contribution in [2.24, 2.45) is 0 Å². The van der Waals surface area contributed by atoms with Gasteiger partial charge in [0.25, 0.3) is 0 Å². The van der Waals surface area contributed by atoms with Crippen LogP contribution in [-0.4, -0.2) is 47.9 Å². The second kappa shape index (κ2) is 10.3. The fourth-order valence-electron chi connectivity index (χ4n) is 2.70. The molecule has 0 saturated heterocycles. The van der Waals surface area contributed by atoms with Crippen LogP contribution in [0.4, 0.5) is 14.9 Å². The molecule has 8 nitrogen and oxygen atoms in total. The SMILES string of the molecule is COc1cccc(NC(=O)[C@H](Cc2ccc(B(O)O)cc2F)NC(=O)OC(C)(C)C)c1. The number of rotatable bonds is 7. The van der Waals surface area contributed by atoms with E-state index in [0.717, 1.165) is 6.07 Å². The Labute approximate surface area is 180 Å². The molecule has 4 N–H and O–H groups in total. The molecule has 0 aliphatic carbocycles. The van der Waals surface area contributed by atoms with Gasteiger partial charge in [-0.25, -0.2) is 9.18 Å². The number of carbonyl (C=O) groups excluding carboxylic acids is 2. The normalized spacial score (nSPS) is 12.0. The fourth-order valence-corrected chi connectivity index (χ4v) is 2.70. The predicted molar refractivity (Wildman–Crippen MR) is 115 cm³/mol. The third kappa shape index (κ3) is 7.58. The molecule has 0 radical (unpaired) electrons. The standard InChI is InChI=1S/C21H26BFN2O6/c1-21(2,3)31-20(27)25-18(10-13-8-9-14(22(28)29)11-17(13)23)19(26)24-15-6-5-7-16(12-15)30-4/h5-9,11-12,18,28-29H,10H2,1-4H3,(H,24,26)(H,25,27)/t18-/m0/s1. The minimum atomic E-state index is -1.82. The molecule has 0 heterocycles. The van der Waals surface area contributed by atoms with E-state index in [9.17, 15) is 24.0 Å². The maximum absolute atomic E-state index is 14.5. The zero-order valence-corrected chi connectivity index (χ0v) is 17.8. The third-order valence-electron chi connectivity index (χ3n) is 4.14. The summed E-state index contributed by atoms with van der Waals surface area (Å²) in [6.45, 7) is 5.03. The first kappa shape index (κ1) is 24.2. The van der Waals surface area contributed by atoms with Gasteiger partial charge in [-0.15, -0.1) is 0 Å². The summed E-state index contributed by atoms with van der Waals surface area (Å²) >= 11 is 0. The Kier molecular flexibility index (Phi) is 8.01. The van der Waals surface area contributed by atoms with E-state index in [4.69, 9.17) is 9.47 Å². The number of halogens is 1. The maximum atomic E-state index is 14.5. The summed E-state index contributed by atoms with van der Waals surface area (Å²) in [4.78, 5) is 25.1. The maximum Gasteiger partial charge on any atom is 0.488 e. The molecule has 0 aromatic heterocycles. The first-order valence-corrected chi connectivity index (χ1v) is 9.57. The highest BCUT2D eigenvalue weighted by Gasteiger charge is 2.26. The van der Waals surface area contributed by atoms with Crippen molar-refractivity contribution in [1.29, 1.82) is 0 Å². The van der Waals surface area contributed by atoms with Crippen LogP contribution in [-0.2, 0) is 16.0 Å². The molecule has 31 heavy (non-hydrogen) atoms. The van der Waals surface area contributed by atoms with Crippen LogP contribution >= 0.6 is 0 Å². The summed E-state index contributed by atoms with van der Waals surface area (Å²) < 4.78 is 24.8. The van der Waals surface area contributed by atoms with E-state index in [0.29, 0.717) is 11.4 Å². The molecule has 0 aliphatic rings. The van der Waals surface area contributed by atoms with Gasteiger partial charge in [0.2, 0.25) is 5.91 Å². The Morgan fingerprint density at radius 2 is 1.87 bits per heavy atom. The summed E-state index contributed by atoms with van der Waals surface area (Å²) in [5, 5.41) is 23.5. The second-order valence-electron chi connectivity index (χ2n) is 7.85. The molecule has 2 aromatic carbocycles. The first-order chi connectivity index (χ1) is 14.5. The lowest BCUT2D eigenvalue weighted by Gasteiger charge is -2.23. The van der Waals surface area contributed by atoms with Crippen LogP contribution in [0.25, 0.3) is 0 Å². The Bertz CT molecular complexity index is 932. The monoisotopic (exact) mass is 432 g/mol. The van der Waals surface area contributed by atoms with Gasteiger partial charge in [-0.05, 0) is 50.0 Å². The van der Waals surface area contributed by atoms with Gasteiger partial charge >= 0.3 is 13.2 Å². The molecule has 1 atom stereocenters. The second-order valence-corrected chi connectivity index (χ2v) is 7.85. The predicted octanol–water partition coefficient (Wildman–Crippen LogP) is 1.59. The van der Waals surface area contributed by atoms with E-state index in [1.807, 2.05) is 0 Å². The number of anilines is 1. The first-order valence-electron chi connectivity index (χ1n) is 9.57. The average molecular weight is 432 g/mol. The van der Waals surface area contributed by atoms with Gasteiger partial charge in [0.1, 0.15) is 23.2 Å². The Balaban J connectivity index is 2.24. The molecule has 0 aliphatic heterocycles. The molecular formula is C21H26BFN2O6. The van der Waals surface area contributed by atoms with Gasteiger partial charge in [0, 0.05) is 18.2 Å². The molecule has 166 valence electrons. The Morgan fingerprint density at radius 3 is 2.45 bits per heavy atom. The van der Waals surface area contributed by atoms with Crippen molar-refractivity contribution in [2.45, 2.75) is 38.8 Å². The van der Waals surface area contributed by atoms with E-state index in [1.54, 1.807) is 45.0 Å². The van der Waals surface area contributed by atoms with Crippen LogP contribution in [0.1, 0.15) is 26.3 Å². The topological polar surface area (TPSA) is 117 Å². The molecule has 0 fully saturated rings. The molecule has 10 heteroatoms. The summed E-state index contributed by atoms with van der Waals surface area (Å²) in [5.74, 6) is -0.806. The molecular weight excluding hydrogens is 406 g/mol. The highest BCUT2D eigenvalue weighted by molar-refractivity contribution is 6.58. The van der Waals surface area contributed by atoms with E-state index in [2.05, 4.69) is 10.6 Å². The largest absolute Gasteiger partial charge is 0.497 e. The van der Waals surface area contributed by atoms with Crippen molar-refractivity contribution in [3.05, 3.63) is 53.8 Å². The van der Waals surface area contributed by atoms with Crippen molar-refractivity contribution in [3.8, 4) is 5.75 Å². The molecule has 0 spiro atoms. The van der Waals surface area contributed by atoms with Crippen molar-refractivity contribution >= 4 is 30.3 Å². The summed E-state index contributed by atoms with van der Waals surface area (Å²) in [6.07, 6.45) is -1.02. The van der Waals surface area contributed by atoms with E-state index in [-0.39, 0.29) is 17.4 Å². The number of carbonyl (C=O) groups is 2. The third-order valence-corrected chi connectivity index (χ3v) is 4.14. The van der Waals surface area contributed by atoms with E-state index < -0.39 is 36.6 Å². The zero-order valence-electron chi connectivity index (χ0n) is 17.8. The number of amides is 2. The lowest BCUT2D eigenvalue weighted by Crippen LogP contribution is -2.47. The number of benzene rings is 2.